The van der Waals surface area contributed by atoms with Crippen molar-refractivity contribution < 1.29 is 27.7 Å². The van der Waals surface area contributed by atoms with Gasteiger partial charge < -0.3 is 39.8 Å². The lowest BCUT2D eigenvalue weighted by atomic mass is 9.99. The highest BCUT2D eigenvalue weighted by Crippen LogP contribution is 2.41. The van der Waals surface area contributed by atoms with Crippen LogP contribution < -0.4 is 30.3 Å². The molecule has 0 amide bonds. The Bertz CT molecular complexity index is 3100. The number of hydrogen-bond donors (Lipinski definition) is 2. The lowest BCUT2D eigenvalue weighted by Crippen LogP contribution is -2.43. The number of nitrogen functional groups attached to an aromatic ring is 1. The standard InChI is InChI=1S/C53H50F2N10O4/c1-32(11-16-69-48-22-34(7-10-37(48)28-57)40-29-60-49(25-43(40)58)64-13-17-67-18-14-64)20-39-31-65(15-19-68-39)50-26-45(41(30-61-50)35-8-9-36(27-56)47(21-35)66-3)62-53-33(2)52(44-6-4-5-12-59-44)63-46-24-38(54)23-42(55)51(46)53/h4-10,12,21-26,29-30,32,39H,11,13-20,31H2,1-3H3,(H2,58,60)(H,61,62,63). The van der Waals surface area contributed by atoms with Crippen LogP contribution in [0.1, 0.15) is 36.5 Å². The molecule has 14 nitrogen and oxygen atoms in total. The van der Waals surface area contributed by atoms with E-state index in [2.05, 4.69) is 44.1 Å². The summed E-state index contributed by atoms with van der Waals surface area (Å²) >= 11 is 0. The van der Waals surface area contributed by atoms with Crippen LogP contribution in [0.5, 0.6) is 11.5 Å². The molecule has 350 valence electrons. The van der Waals surface area contributed by atoms with Gasteiger partial charge in [-0.1, -0.05) is 25.1 Å². The average Bonchev–Trinajstić information content (AvgIpc) is 3.37. The van der Waals surface area contributed by atoms with E-state index in [0.717, 1.165) is 42.5 Å². The van der Waals surface area contributed by atoms with Crippen molar-refractivity contribution in [3.8, 4) is 57.3 Å². The van der Waals surface area contributed by atoms with Crippen LogP contribution >= 0.6 is 0 Å². The molecule has 2 aliphatic heterocycles. The molecular formula is C53H50F2N10O4. The second-order valence-electron chi connectivity index (χ2n) is 17.2. The highest BCUT2D eigenvalue weighted by atomic mass is 19.1. The number of nitrogens with two attached hydrogens (primary N) is 1. The number of pyridine rings is 4. The lowest BCUT2D eigenvalue weighted by molar-refractivity contribution is 0.0240. The fourth-order valence-corrected chi connectivity index (χ4v) is 8.93. The quantitative estimate of drug-likeness (QED) is 0.105. The number of nitriles is 2. The largest absolute Gasteiger partial charge is 0.495 e. The lowest BCUT2D eigenvalue weighted by Gasteiger charge is -2.35. The van der Waals surface area contributed by atoms with E-state index >= 15 is 4.39 Å². The van der Waals surface area contributed by atoms with Crippen LogP contribution in [0.15, 0.2) is 97.5 Å². The first-order chi connectivity index (χ1) is 33.6. The Morgan fingerprint density at radius 3 is 2.29 bits per heavy atom. The van der Waals surface area contributed by atoms with Crippen LogP contribution in [-0.2, 0) is 9.47 Å². The fraction of sp³-hybridized carbons (Fsp3) is 0.283. The molecule has 0 bridgehead atoms. The van der Waals surface area contributed by atoms with Gasteiger partial charge in [-0.15, -0.1) is 0 Å². The first kappa shape index (κ1) is 46.2. The van der Waals surface area contributed by atoms with Crippen molar-refractivity contribution in [2.75, 3.05) is 80.6 Å². The summed E-state index contributed by atoms with van der Waals surface area (Å²) in [6.45, 7) is 8.76. The van der Waals surface area contributed by atoms with Crippen LogP contribution in [0.2, 0.25) is 0 Å². The number of benzene rings is 3. The van der Waals surface area contributed by atoms with Gasteiger partial charge in [0.15, 0.2) is 0 Å². The Labute approximate surface area is 398 Å². The summed E-state index contributed by atoms with van der Waals surface area (Å²) in [6.07, 6.45) is 6.48. The Balaban J connectivity index is 0.940. The minimum absolute atomic E-state index is 0.118. The number of anilines is 5. The van der Waals surface area contributed by atoms with Gasteiger partial charge in [0.2, 0.25) is 0 Å². The number of halogens is 2. The van der Waals surface area contributed by atoms with E-state index in [1.54, 1.807) is 48.9 Å². The molecule has 16 heteroatoms. The molecule has 2 unspecified atom stereocenters. The third-order valence-electron chi connectivity index (χ3n) is 12.6. The number of nitrogens with zero attached hydrogens (tertiary/aromatic N) is 8. The van der Waals surface area contributed by atoms with E-state index in [4.69, 9.17) is 34.6 Å². The van der Waals surface area contributed by atoms with Crippen molar-refractivity contribution in [1.82, 2.24) is 19.9 Å². The third-order valence-corrected chi connectivity index (χ3v) is 12.6. The number of methoxy groups -OCH3 is 1. The zero-order chi connectivity index (χ0) is 48.0. The normalized spacial score (nSPS) is 15.3. The maximum atomic E-state index is 16.0. The predicted molar refractivity (Wildman–Crippen MR) is 262 cm³/mol. The van der Waals surface area contributed by atoms with Crippen molar-refractivity contribution >= 4 is 39.6 Å². The minimum atomic E-state index is -0.769. The van der Waals surface area contributed by atoms with Crippen molar-refractivity contribution in [1.29, 1.82) is 10.5 Å². The first-order valence-corrected chi connectivity index (χ1v) is 22.8. The Kier molecular flexibility index (Phi) is 13.7. The van der Waals surface area contributed by atoms with Gasteiger partial charge in [-0.25, -0.2) is 23.7 Å². The number of aromatic nitrogens is 4. The van der Waals surface area contributed by atoms with Gasteiger partial charge in [0.1, 0.15) is 46.9 Å². The average molecular weight is 929 g/mol. The van der Waals surface area contributed by atoms with Crippen molar-refractivity contribution in [3.05, 3.63) is 126 Å². The molecule has 2 aliphatic rings. The van der Waals surface area contributed by atoms with Gasteiger partial charge in [0.05, 0.1) is 84.4 Å². The maximum Gasteiger partial charge on any atom is 0.137 e. The molecule has 7 aromatic rings. The summed E-state index contributed by atoms with van der Waals surface area (Å²) in [5.41, 5.74) is 13.5. The second-order valence-corrected chi connectivity index (χ2v) is 17.2. The molecule has 3 aromatic carbocycles. The number of ether oxygens (including phenoxy) is 4. The second kappa shape index (κ2) is 20.5. The summed E-state index contributed by atoms with van der Waals surface area (Å²) in [5.74, 6) is 1.01. The predicted octanol–water partition coefficient (Wildman–Crippen LogP) is 9.62. The fourth-order valence-electron chi connectivity index (χ4n) is 8.93. The molecule has 2 saturated heterocycles. The Morgan fingerprint density at radius 2 is 1.57 bits per heavy atom. The summed E-state index contributed by atoms with van der Waals surface area (Å²) in [4.78, 5) is 23.1. The zero-order valence-corrected chi connectivity index (χ0v) is 38.5. The summed E-state index contributed by atoms with van der Waals surface area (Å²) < 4.78 is 54.4. The van der Waals surface area contributed by atoms with E-state index in [1.165, 1.54) is 13.2 Å². The van der Waals surface area contributed by atoms with E-state index in [1.807, 2.05) is 43.3 Å². The third kappa shape index (κ3) is 10.0. The van der Waals surface area contributed by atoms with E-state index in [9.17, 15) is 14.9 Å². The molecule has 2 fully saturated rings. The number of nitrogens with one attached hydrogen (secondary N) is 1. The number of hydrogen-bond acceptors (Lipinski definition) is 14. The monoisotopic (exact) mass is 928 g/mol. The minimum Gasteiger partial charge on any atom is -0.495 e. The van der Waals surface area contributed by atoms with Crippen LogP contribution in [0.3, 0.4) is 0 Å². The van der Waals surface area contributed by atoms with Crippen molar-refractivity contribution in [2.45, 2.75) is 32.8 Å². The van der Waals surface area contributed by atoms with Gasteiger partial charge in [0, 0.05) is 91.4 Å². The van der Waals surface area contributed by atoms with Crippen LogP contribution in [0.4, 0.5) is 37.5 Å². The van der Waals surface area contributed by atoms with E-state index < -0.39 is 11.6 Å². The SMILES string of the molecule is COc1cc(-c2cnc(N3CCOC(CC(C)CCOc4cc(-c5cnc(N6CCOCC6)cc5N)ccc4C#N)C3)cc2Nc2c(C)c(-c3ccccn3)nc3cc(F)cc(F)c23)ccc1C#N. The Morgan fingerprint density at radius 1 is 0.855 bits per heavy atom. The summed E-state index contributed by atoms with van der Waals surface area (Å²) in [5, 5.41) is 23.3. The molecule has 6 heterocycles. The molecule has 0 saturated carbocycles. The van der Waals surface area contributed by atoms with Gasteiger partial charge in [0.25, 0.3) is 0 Å². The number of rotatable bonds is 14. The van der Waals surface area contributed by atoms with Crippen LogP contribution in [0.25, 0.3) is 44.5 Å². The molecule has 2 atom stereocenters. The van der Waals surface area contributed by atoms with Gasteiger partial charge in [-0.3, -0.25) is 4.98 Å². The molecule has 0 aliphatic carbocycles. The van der Waals surface area contributed by atoms with Crippen molar-refractivity contribution in [2.24, 2.45) is 5.92 Å². The smallest absolute Gasteiger partial charge is 0.137 e. The van der Waals surface area contributed by atoms with Crippen molar-refractivity contribution in [3.63, 3.8) is 0 Å². The first-order valence-electron chi connectivity index (χ1n) is 22.8. The maximum absolute atomic E-state index is 16.0. The van der Waals surface area contributed by atoms with Gasteiger partial charge >= 0.3 is 0 Å². The molecule has 3 N–H and O–H groups in total. The summed E-state index contributed by atoms with van der Waals surface area (Å²) in [7, 11) is 1.50. The molecule has 0 radical (unpaired) electrons. The molecule has 69 heavy (non-hydrogen) atoms. The molecule has 0 spiro atoms. The highest BCUT2D eigenvalue weighted by molar-refractivity contribution is 5.99. The highest BCUT2D eigenvalue weighted by Gasteiger charge is 2.26. The topological polar surface area (TPSA) is 181 Å². The molecule has 9 rings (SSSR count). The van der Waals surface area contributed by atoms with Gasteiger partial charge in [-0.2, -0.15) is 10.5 Å². The van der Waals surface area contributed by atoms with Gasteiger partial charge in [-0.05, 0) is 73.2 Å². The van der Waals surface area contributed by atoms with Crippen LogP contribution in [-0.4, -0.2) is 85.8 Å². The van der Waals surface area contributed by atoms with Crippen LogP contribution in [0, 0.1) is 47.1 Å². The molecular weight excluding hydrogens is 879 g/mol. The van der Waals surface area contributed by atoms with E-state index in [-0.39, 0.29) is 22.9 Å². The number of fused-ring (bicyclic) bond motifs is 1. The van der Waals surface area contributed by atoms with E-state index in [0.29, 0.717) is 120 Å². The molecule has 4 aromatic heterocycles. The summed E-state index contributed by atoms with van der Waals surface area (Å²) in [6, 6.07) is 26.4. The Hall–Kier alpha value is -7.92. The number of morpholine rings is 2. The zero-order valence-electron chi connectivity index (χ0n) is 38.5.